The normalized spacial score (nSPS) is 11.1. The highest BCUT2D eigenvalue weighted by Crippen LogP contribution is 2.23. The van der Waals surface area contributed by atoms with Crippen LogP contribution in [-0.4, -0.2) is 6.03 Å². The van der Waals surface area contributed by atoms with E-state index in [1.54, 1.807) is 0 Å². The second-order valence-electron chi connectivity index (χ2n) is 6.65. The van der Waals surface area contributed by atoms with E-state index in [1.807, 2.05) is 56.3 Å². The van der Waals surface area contributed by atoms with E-state index in [1.165, 1.54) is 5.56 Å². The Labute approximate surface area is 132 Å². The number of rotatable bonds is 2. The summed E-state index contributed by atoms with van der Waals surface area (Å²) in [7, 11) is 0. The van der Waals surface area contributed by atoms with Crippen molar-refractivity contribution in [1.29, 1.82) is 0 Å². The molecule has 0 bridgehead atoms. The fraction of sp³-hybridized carbons (Fsp3) is 0.316. The Morgan fingerprint density at radius 3 is 2.14 bits per heavy atom. The van der Waals surface area contributed by atoms with Gasteiger partial charge in [0.2, 0.25) is 0 Å². The number of amides is 2. The number of nitrogens with one attached hydrogen (secondary N) is 2. The number of carbonyl (C=O) groups excluding carboxylic acids is 1. The lowest BCUT2D eigenvalue weighted by Gasteiger charge is -2.19. The first-order valence-corrected chi connectivity index (χ1v) is 7.52. The van der Waals surface area contributed by atoms with Crippen LogP contribution < -0.4 is 10.6 Å². The molecule has 0 unspecified atom stereocenters. The molecule has 2 amide bonds. The van der Waals surface area contributed by atoms with Gasteiger partial charge >= 0.3 is 6.03 Å². The average molecular weight is 296 g/mol. The largest absolute Gasteiger partial charge is 0.323 e. The minimum atomic E-state index is -0.225. The molecule has 22 heavy (non-hydrogen) atoms. The molecule has 0 saturated heterocycles. The summed E-state index contributed by atoms with van der Waals surface area (Å²) < 4.78 is 0. The van der Waals surface area contributed by atoms with Crippen molar-refractivity contribution < 1.29 is 4.79 Å². The molecule has 0 aliphatic carbocycles. The molecule has 0 radical (unpaired) electrons. The zero-order valence-corrected chi connectivity index (χ0v) is 13.9. The molecule has 0 heterocycles. The standard InChI is InChI=1S/C19H24N2O/c1-13-7-6-8-17(14(13)2)21-18(22)20-16-11-9-15(10-12-16)19(3,4)5/h6-12H,1-5H3,(H2,20,21,22). The number of benzene rings is 2. The Bertz CT molecular complexity index is 667. The van der Waals surface area contributed by atoms with Gasteiger partial charge in [0.05, 0.1) is 0 Å². The zero-order valence-electron chi connectivity index (χ0n) is 13.9. The molecule has 3 nitrogen and oxygen atoms in total. The van der Waals surface area contributed by atoms with Gasteiger partial charge in [-0.15, -0.1) is 0 Å². The van der Waals surface area contributed by atoms with E-state index in [4.69, 9.17) is 0 Å². The van der Waals surface area contributed by atoms with Crippen molar-refractivity contribution >= 4 is 17.4 Å². The lowest BCUT2D eigenvalue weighted by atomic mass is 9.87. The number of hydrogen-bond donors (Lipinski definition) is 2. The maximum Gasteiger partial charge on any atom is 0.323 e. The molecule has 0 fully saturated rings. The number of anilines is 2. The molecule has 2 aromatic carbocycles. The fourth-order valence-electron chi connectivity index (χ4n) is 2.22. The second-order valence-corrected chi connectivity index (χ2v) is 6.65. The van der Waals surface area contributed by atoms with Crippen molar-refractivity contribution in [3.05, 3.63) is 59.2 Å². The van der Waals surface area contributed by atoms with Gasteiger partial charge in [0.25, 0.3) is 0 Å². The SMILES string of the molecule is Cc1cccc(NC(=O)Nc2ccc(C(C)(C)C)cc2)c1C. The number of aryl methyl sites for hydroxylation is 1. The highest BCUT2D eigenvalue weighted by molar-refractivity contribution is 6.00. The third-order valence-corrected chi connectivity index (χ3v) is 3.86. The summed E-state index contributed by atoms with van der Waals surface area (Å²) in [5.41, 5.74) is 5.22. The minimum absolute atomic E-state index is 0.111. The fourth-order valence-corrected chi connectivity index (χ4v) is 2.22. The molecule has 0 aliphatic heterocycles. The maximum atomic E-state index is 12.1. The van der Waals surface area contributed by atoms with Gasteiger partial charge in [0.15, 0.2) is 0 Å². The Balaban J connectivity index is 2.05. The topological polar surface area (TPSA) is 41.1 Å². The lowest BCUT2D eigenvalue weighted by molar-refractivity contribution is 0.262. The van der Waals surface area contributed by atoms with Crippen LogP contribution in [0.5, 0.6) is 0 Å². The lowest BCUT2D eigenvalue weighted by Crippen LogP contribution is -2.20. The molecule has 116 valence electrons. The van der Waals surface area contributed by atoms with Gasteiger partial charge < -0.3 is 10.6 Å². The van der Waals surface area contributed by atoms with Crippen LogP contribution in [0.4, 0.5) is 16.2 Å². The van der Waals surface area contributed by atoms with Gasteiger partial charge in [-0.3, -0.25) is 0 Å². The summed E-state index contributed by atoms with van der Waals surface area (Å²) in [6.45, 7) is 10.5. The van der Waals surface area contributed by atoms with Gasteiger partial charge in [-0.2, -0.15) is 0 Å². The summed E-state index contributed by atoms with van der Waals surface area (Å²) >= 11 is 0. The van der Waals surface area contributed by atoms with Crippen LogP contribution in [0.1, 0.15) is 37.5 Å². The van der Waals surface area contributed by atoms with Gasteiger partial charge in [-0.25, -0.2) is 4.79 Å². The first-order chi connectivity index (χ1) is 10.3. The van der Waals surface area contributed by atoms with Crippen LogP contribution in [0, 0.1) is 13.8 Å². The Morgan fingerprint density at radius 1 is 0.909 bits per heavy atom. The van der Waals surface area contributed by atoms with Crippen LogP contribution in [0.25, 0.3) is 0 Å². The van der Waals surface area contributed by atoms with Crippen LogP contribution in [0.3, 0.4) is 0 Å². The van der Waals surface area contributed by atoms with E-state index >= 15 is 0 Å². The van der Waals surface area contributed by atoms with Crippen molar-refractivity contribution in [2.75, 3.05) is 10.6 Å². The summed E-state index contributed by atoms with van der Waals surface area (Å²) in [6.07, 6.45) is 0. The van der Waals surface area contributed by atoms with Crippen LogP contribution in [0.2, 0.25) is 0 Å². The maximum absolute atomic E-state index is 12.1. The van der Waals surface area contributed by atoms with E-state index in [2.05, 4.69) is 31.4 Å². The quantitative estimate of drug-likeness (QED) is 0.781. The monoisotopic (exact) mass is 296 g/mol. The Morgan fingerprint density at radius 2 is 1.55 bits per heavy atom. The third-order valence-electron chi connectivity index (χ3n) is 3.86. The predicted molar refractivity (Wildman–Crippen MR) is 93.7 cm³/mol. The van der Waals surface area contributed by atoms with Crippen LogP contribution in [-0.2, 0) is 5.41 Å². The molecule has 0 aromatic heterocycles. The molecular weight excluding hydrogens is 272 g/mol. The van der Waals surface area contributed by atoms with Crippen molar-refractivity contribution in [1.82, 2.24) is 0 Å². The molecule has 0 spiro atoms. The van der Waals surface area contributed by atoms with Gasteiger partial charge in [0.1, 0.15) is 0 Å². The van der Waals surface area contributed by atoms with E-state index < -0.39 is 0 Å². The summed E-state index contributed by atoms with van der Waals surface area (Å²) in [6, 6.07) is 13.6. The van der Waals surface area contributed by atoms with E-state index in [-0.39, 0.29) is 11.4 Å². The van der Waals surface area contributed by atoms with Crippen LogP contribution >= 0.6 is 0 Å². The molecule has 0 atom stereocenters. The average Bonchev–Trinajstić information content (AvgIpc) is 2.43. The molecule has 0 aliphatic rings. The van der Waals surface area contributed by atoms with E-state index in [0.717, 1.165) is 22.5 Å². The molecule has 3 heteroatoms. The predicted octanol–water partition coefficient (Wildman–Crippen LogP) is 5.24. The smallest absolute Gasteiger partial charge is 0.308 e. The van der Waals surface area contributed by atoms with Gasteiger partial charge in [-0.05, 0) is 54.2 Å². The molecular formula is C19H24N2O. The van der Waals surface area contributed by atoms with E-state index in [0.29, 0.717) is 0 Å². The number of urea groups is 1. The first-order valence-electron chi connectivity index (χ1n) is 7.52. The number of hydrogen-bond acceptors (Lipinski definition) is 1. The highest BCUT2D eigenvalue weighted by Gasteiger charge is 2.13. The Hall–Kier alpha value is -2.29. The van der Waals surface area contributed by atoms with Crippen molar-refractivity contribution in [3.63, 3.8) is 0 Å². The van der Waals surface area contributed by atoms with Crippen LogP contribution in [0.15, 0.2) is 42.5 Å². The highest BCUT2D eigenvalue weighted by atomic mass is 16.2. The second kappa shape index (κ2) is 6.22. The molecule has 2 N–H and O–H groups in total. The Kier molecular flexibility index (Phi) is 4.55. The van der Waals surface area contributed by atoms with Crippen molar-refractivity contribution in [3.8, 4) is 0 Å². The molecule has 2 rings (SSSR count). The minimum Gasteiger partial charge on any atom is -0.308 e. The third kappa shape index (κ3) is 3.88. The zero-order chi connectivity index (χ0) is 16.3. The van der Waals surface area contributed by atoms with Gasteiger partial charge in [-0.1, -0.05) is 45.0 Å². The van der Waals surface area contributed by atoms with Gasteiger partial charge in [0, 0.05) is 11.4 Å². The molecule has 2 aromatic rings. The van der Waals surface area contributed by atoms with Crippen molar-refractivity contribution in [2.45, 2.75) is 40.0 Å². The first kappa shape index (κ1) is 16.1. The van der Waals surface area contributed by atoms with E-state index in [9.17, 15) is 4.79 Å². The summed E-state index contributed by atoms with van der Waals surface area (Å²) in [5, 5.41) is 5.76. The number of carbonyl (C=O) groups is 1. The summed E-state index contributed by atoms with van der Waals surface area (Å²) in [5.74, 6) is 0. The molecule has 0 saturated carbocycles. The summed E-state index contributed by atoms with van der Waals surface area (Å²) in [4.78, 5) is 12.1. The van der Waals surface area contributed by atoms with Crippen molar-refractivity contribution in [2.24, 2.45) is 0 Å².